The molecule has 76 valence electrons. The Morgan fingerprint density at radius 3 is 2.54 bits per heavy atom. The monoisotopic (exact) mass is 203 g/mol. The summed E-state index contributed by atoms with van der Waals surface area (Å²) in [6, 6.07) is 0. The Morgan fingerprint density at radius 2 is 2.08 bits per heavy atom. The van der Waals surface area contributed by atoms with Gasteiger partial charge in [0.15, 0.2) is 9.84 Å². The SMILES string of the molecule is NC1(CCC2CCS(=O)(=O)C2)CC1. The highest BCUT2D eigenvalue weighted by Crippen LogP contribution is 2.38. The standard InChI is InChI=1S/C9H17NO2S/c10-9(4-5-9)3-1-8-2-6-13(11,12)7-8/h8H,1-7,10H2. The number of sulfone groups is 1. The van der Waals surface area contributed by atoms with Crippen LogP contribution in [0.4, 0.5) is 0 Å². The molecule has 2 N–H and O–H groups in total. The Balaban J connectivity index is 1.78. The van der Waals surface area contributed by atoms with E-state index in [1.165, 1.54) is 0 Å². The highest BCUT2D eigenvalue weighted by molar-refractivity contribution is 7.91. The topological polar surface area (TPSA) is 60.2 Å². The van der Waals surface area contributed by atoms with Gasteiger partial charge in [0.2, 0.25) is 0 Å². The van der Waals surface area contributed by atoms with Gasteiger partial charge in [-0.2, -0.15) is 0 Å². The van der Waals surface area contributed by atoms with E-state index in [9.17, 15) is 8.42 Å². The third kappa shape index (κ3) is 2.44. The average molecular weight is 203 g/mol. The lowest BCUT2D eigenvalue weighted by Crippen LogP contribution is -2.22. The van der Waals surface area contributed by atoms with E-state index in [1.807, 2.05) is 0 Å². The number of nitrogens with two attached hydrogens (primary N) is 1. The van der Waals surface area contributed by atoms with Gasteiger partial charge in [-0.3, -0.25) is 0 Å². The van der Waals surface area contributed by atoms with Gasteiger partial charge in [-0.15, -0.1) is 0 Å². The average Bonchev–Trinajstić information content (AvgIpc) is 2.65. The van der Waals surface area contributed by atoms with Crippen molar-refractivity contribution < 1.29 is 8.42 Å². The summed E-state index contributed by atoms with van der Waals surface area (Å²) in [4.78, 5) is 0. The fraction of sp³-hybridized carbons (Fsp3) is 1.00. The van der Waals surface area contributed by atoms with E-state index in [4.69, 9.17) is 5.73 Å². The van der Waals surface area contributed by atoms with Crippen molar-refractivity contribution in [2.45, 2.75) is 37.6 Å². The van der Waals surface area contributed by atoms with Crippen LogP contribution in [0.5, 0.6) is 0 Å². The van der Waals surface area contributed by atoms with E-state index in [-0.39, 0.29) is 5.54 Å². The van der Waals surface area contributed by atoms with Gasteiger partial charge < -0.3 is 5.73 Å². The molecular weight excluding hydrogens is 186 g/mol. The summed E-state index contributed by atoms with van der Waals surface area (Å²) in [7, 11) is -2.68. The molecule has 0 bridgehead atoms. The van der Waals surface area contributed by atoms with Crippen LogP contribution < -0.4 is 5.73 Å². The zero-order valence-electron chi connectivity index (χ0n) is 7.83. The molecule has 1 saturated carbocycles. The van der Waals surface area contributed by atoms with Crippen LogP contribution in [0.2, 0.25) is 0 Å². The molecule has 0 aromatic carbocycles. The molecule has 1 saturated heterocycles. The molecule has 13 heavy (non-hydrogen) atoms. The molecule has 2 aliphatic rings. The molecule has 4 heteroatoms. The van der Waals surface area contributed by atoms with Gasteiger partial charge in [-0.1, -0.05) is 0 Å². The molecule has 0 amide bonds. The van der Waals surface area contributed by atoms with Crippen LogP contribution >= 0.6 is 0 Å². The smallest absolute Gasteiger partial charge is 0.150 e. The molecule has 2 rings (SSSR count). The minimum atomic E-state index is -2.68. The first kappa shape index (κ1) is 9.46. The quantitative estimate of drug-likeness (QED) is 0.734. The lowest BCUT2D eigenvalue weighted by molar-refractivity contribution is 0.466. The van der Waals surface area contributed by atoms with Crippen molar-refractivity contribution in [1.29, 1.82) is 0 Å². The molecule has 1 unspecified atom stereocenters. The number of hydrogen-bond donors (Lipinski definition) is 1. The van der Waals surface area contributed by atoms with Crippen LogP contribution in [0, 0.1) is 5.92 Å². The summed E-state index contributed by atoms with van der Waals surface area (Å²) < 4.78 is 22.3. The molecule has 1 aliphatic carbocycles. The first-order valence-electron chi connectivity index (χ1n) is 4.98. The maximum absolute atomic E-state index is 11.1. The fourth-order valence-electron chi connectivity index (χ4n) is 2.00. The van der Waals surface area contributed by atoms with Gasteiger partial charge in [-0.05, 0) is 38.0 Å². The van der Waals surface area contributed by atoms with Crippen molar-refractivity contribution in [2.24, 2.45) is 11.7 Å². The first-order valence-corrected chi connectivity index (χ1v) is 6.81. The van der Waals surface area contributed by atoms with Crippen LogP contribution in [-0.2, 0) is 9.84 Å². The van der Waals surface area contributed by atoms with Crippen molar-refractivity contribution in [3.05, 3.63) is 0 Å². The maximum Gasteiger partial charge on any atom is 0.150 e. The van der Waals surface area contributed by atoms with E-state index in [1.54, 1.807) is 0 Å². The van der Waals surface area contributed by atoms with Crippen molar-refractivity contribution in [3.63, 3.8) is 0 Å². The van der Waals surface area contributed by atoms with E-state index in [0.29, 0.717) is 17.4 Å². The molecule has 1 atom stereocenters. The summed E-state index contributed by atoms with van der Waals surface area (Å²) in [5.41, 5.74) is 6.03. The van der Waals surface area contributed by atoms with Crippen molar-refractivity contribution in [1.82, 2.24) is 0 Å². The Hall–Kier alpha value is -0.0900. The summed E-state index contributed by atoms with van der Waals surface area (Å²) in [6.07, 6.45) is 5.15. The van der Waals surface area contributed by atoms with Gasteiger partial charge in [0.05, 0.1) is 11.5 Å². The predicted octanol–water partition coefficient (Wildman–Crippen LogP) is 0.693. The molecule has 2 fully saturated rings. The molecule has 3 nitrogen and oxygen atoms in total. The summed E-state index contributed by atoms with van der Waals surface area (Å²) in [5, 5.41) is 0. The molecule has 0 aromatic rings. The Morgan fingerprint density at radius 1 is 1.38 bits per heavy atom. The minimum Gasteiger partial charge on any atom is -0.325 e. The zero-order valence-corrected chi connectivity index (χ0v) is 8.65. The molecule has 0 spiro atoms. The zero-order chi connectivity index (χ0) is 9.53. The van der Waals surface area contributed by atoms with Crippen LogP contribution in [0.1, 0.15) is 32.1 Å². The second kappa shape index (κ2) is 2.95. The Bertz CT molecular complexity index is 293. The third-order valence-electron chi connectivity index (χ3n) is 3.27. The lowest BCUT2D eigenvalue weighted by Gasteiger charge is -2.11. The van der Waals surface area contributed by atoms with Crippen LogP contribution in [-0.4, -0.2) is 25.5 Å². The number of rotatable bonds is 3. The van der Waals surface area contributed by atoms with Crippen LogP contribution in [0.25, 0.3) is 0 Å². The molecule has 0 aromatic heterocycles. The van der Waals surface area contributed by atoms with E-state index >= 15 is 0 Å². The van der Waals surface area contributed by atoms with Gasteiger partial charge in [0, 0.05) is 5.54 Å². The second-order valence-electron chi connectivity index (χ2n) is 4.67. The molecule has 0 radical (unpaired) electrons. The van der Waals surface area contributed by atoms with Gasteiger partial charge >= 0.3 is 0 Å². The first-order chi connectivity index (χ1) is 5.99. The number of hydrogen-bond acceptors (Lipinski definition) is 3. The summed E-state index contributed by atoms with van der Waals surface area (Å²) in [6.45, 7) is 0. The maximum atomic E-state index is 11.1. The molecule has 1 aliphatic heterocycles. The molecule has 1 heterocycles. The van der Waals surface area contributed by atoms with Gasteiger partial charge in [0.25, 0.3) is 0 Å². The van der Waals surface area contributed by atoms with Gasteiger partial charge in [0.1, 0.15) is 0 Å². The largest absolute Gasteiger partial charge is 0.325 e. The second-order valence-corrected chi connectivity index (χ2v) is 6.90. The summed E-state index contributed by atoms with van der Waals surface area (Å²) in [5.74, 6) is 1.20. The van der Waals surface area contributed by atoms with Crippen LogP contribution in [0.15, 0.2) is 0 Å². The van der Waals surface area contributed by atoms with Crippen molar-refractivity contribution in [2.75, 3.05) is 11.5 Å². The van der Waals surface area contributed by atoms with E-state index in [2.05, 4.69) is 0 Å². The van der Waals surface area contributed by atoms with Gasteiger partial charge in [-0.25, -0.2) is 8.42 Å². The van der Waals surface area contributed by atoms with E-state index in [0.717, 1.165) is 32.1 Å². The normalized spacial score (nSPS) is 34.7. The van der Waals surface area contributed by atoms with E-state index < -0.39 is 9.84 Å². The highest BCUT2D eigenvalue weighted by atomic mass is 32.2. The van der Waals surface area contributed by atoms with Crippen molar-refractivity contribution >= 4 is 9.84 Å². The molecular formula is C9H17NO2S. The Kier molecular flexibility index (Phi) is 2.15. The highest BCUT2D eigenvalue weighted by Gasteiger charge is 2.39. The lowest BCUT2D eigenvalue weighted by atomic mass is 9.99. The summed E-state index contributed by atoms with van der Waals surface area (Å²) >= 11 is 0. The van der Waals surface area contributed by atoms with Crippen LogP contribution in [0.3, 0.4) is 0 Å². The predicted molar refractivity (Wildman–Crippen MR) is 52.1 cm³/mol. The van der Waals surface area contributed by atoms with Crippen molar-refractivity contribution in [3.8, 4) is 0 Å². The Labute approximate surface area is 79.6 Å². The third-order valence-corrected chi connectivity index (χ3v) is 5.11. The minimum absolute atomic E-state index is 0.0896. The fourth-order valence-corrected chi connectivity index (χ4v) is 3.91.